The molecule has 1 aromatic rings. The van der Waals surface area contributed by atoms with Crippen LogP contribution in [-0.2, 0) is 6.54 Å². The normalized spacial score (nSPS) is 20.1. The molecule has 6 nitrogen and oxygen atoms in total. The van der Waals surface area contributed by atoms with E-state index in [1.54, 1.807) is 7.11 Å². The summed E-state index contributed by atoms with van der Waals surface area (Å²) in [5.41, 5.74) is 1.48. The Kier molecular flexibility index (Phi) is 10.9. The van der Waals surface area contributed by atoms with Crippen LogP contribution in [0.4, 0.5) is 0 Å². The lowest BCUT2D eigenvalue weighted by atomic mass is 9.84. The molecule has 0 bridgehead atoms. The Morgan fingerprint density at radius 3 is 2.32 bits per heavy atom. The minimum absolute atomic E-state index is 0. The zero-order valence-electron chi connectivity index (χ0n) is 19.9. The molecule has 0 aliphatic carbocycles. The third kappa shape index (κ3) is 7.22. The Hall–Kier alpha value is -1.06. The first-order valence-electron chi connectivity index (χ1n) is 11.6. The standard InChI is InChI=1S/C24H41N5O.HI/c1-5-25-23(28(3)19-21-9-11-22(30-4)12-10-21)26-20-24(13-17-27(2)18-14-24)29-15-7-6-8-16-29;/h9-12H,5-8,13-20H2,1-4H3,(H,25,26);1H. The Morgan fingerprint density at radius 1 is 1.10 bits per heavy atom. The van der Waals surface area contributed by atoms with E-state index >= 15 is 0 Å². The zero-order valence-corrected chi connectivity index (χ0v) is 22.2. The molecule has 7 heteroatoms. The number of piperidine rings is 2. The van der Waals surface area contributed by atoms with E-state index in [9.17, 15) is 0 Å². The van der Waals surface area contributed by atoms with Gasteiger partial charge in [-0.3, -0.25) is 9.89 Å². The Balaban J connectivity index is 0.00000341. The molecule has 0 unspecified atom stereocenters. The number of hydrogen-bond donors (Lipinski definition) is 1. The number of halogens is 1. The topological polar surface area (TPSA) is 43.3 Å². The minimum Gasteiger partial charge on any atom is -0.497 e. The van der Waals surface area contributed by atoms with Gasteiger partial charge in [-0.15, -0.1) is 24.0 Å². The van der Waals surface area contributed by atoms with Crippen molar-refractivity contribution < 1.29 is 4.74 Å². The Labute approximate surface area is 206 Å². The fraction of sp³-hybridized carbons (Fsp3) is 0.708. The molecule has 1 aromatic carbocycles. The maximum Gasteiger partial charge on any atom is 0.194 e. The van der Waals surface area contributed by atoms with E-state index in [4.69, 9.17) is 9.73 Å². The summed E-state index contributed by atoms with van der Waals surface area (Å²) in [7, 11) is 6.09. The van der Waals surface area contributed by atoms with Gasteiger partial charge in [0.25, 0.3) is 0 Å². The molecule has 3 rings (SSSR count). The van der Waals surface area contributed by atoms with E-state index in [0.717, 1.165) is 31.3 Å². The van der Waals surface area contributed by atoms with Crippen LogP contribution < -0.4 is 10.1 Å². The summed E-state index contributed by atoms with van der Waals surface area (Å²) < 4.78 is 5.28. The van der Waals surface area contributed by atoms with Crippen LogP contribution in [0.25, 0.3) is 0 Å². The number of hydrogen-bond acceptors (Lipinski definition) is 4. The van der Waals surface area contributed by atoms with Crippen LogP contribution in [0.5, 0.6) is 5.75 Å². The number of rotatable bonds is 7. The van der Waals surface area contributed by atoms with Gasteiger partial charge in [0.2, 0.25) is 0 Å². The van der Waals surface area contributed by atoms with Crippen LogP contribution in [0, 0.1) is 0 Å². The van der Waals surface area contributed by atoms with E-state index in [0.29, 0.717) is 0 Å². The molecule has 176 valence electrons. The molecule has 0 atom stereocenters. The average molecular weight is 544 g/mol. The van der Waals surface area contributed by atoms with Crippen LogP contribution in [0.1, 0.15) is 44.6 Å². The average Bonchev–Trinajstić information content (AvgIpc) is 2.79. The molecule has 0 spiro atoms. The summed E-state index contributed by atoms with van der Waals surface area (Å²) in [5.74, 6) is 1.90. The molecule has 1 N–H and O–H groups in total. The van der Waals surface area contributed by atoms with Crippen molar-refractivity contribution in [2.45, 2.75) is 51.1 Å². The van der Waals surface area contributed by atoms with Crippen LogP contribution in [-0.4, -0.2) is 86.7 Å². The van der Waals surface area contributed by atoms with Gasteiger partial charge in [0, 0.05) is 25.7 Å². The van der Waals surface area contributed by atoms with Gasteiger partial charge >= 0.3 is 0 Å². The first kappa shape index (κ1) is 26.2. The van der Waals surface area contributed by atoms with Crippen molar-refractivity contribution in [3.63, 3.8) is 0 Å². The van der Waals surface area contributed by atoms with E-state index in [1.165, 1.54) is 63.8 Å². The summed E-state index contributed by atoms with van der Waals surface area (Å²) in [5, 5.41) is 3.52. The number of ether oxygens (including phenoxy) is 1. The van der Waals surface area contributed by atoms with Gasteiger partial charge in [-0.2, -0.15) is 0 Å². The van der Waals surface area contributed by atoms with E-state index < -0.39 is 0 Å². The van der Waals surface area contributed by atoms with Crippen molar-refractivity contribution in [3.05, 3.63) is 29.8 Å². The van der Waals surface area contributed by atoms with Crippen LogP contribution >= 0.6 is 24.0 Å². The quantitative estimate of drug-likeness (QED) is 0.323. The monoisotopic (exact) mass is 543 g/mol. The van der Waals surface area contributed by atoms with Crippen LogP contribution in [0.15, 0.2) is 29.3 Å². The molecule has 0 saturated carbocycles. The van der Waals surface area contributed by atoms with Gasteiger partial charge in [-0.25, -0.2) is 0 Å². The van der Waals surface area contributed by atoms with Gasteiger partial charge in [-0.05, 0) is 83.5 Å². The number of nitrogens with one attached hydrogen (secondary N) is 1. The molecule has 0 amide bonds. The summed E-state index contributed by atoms with van der Waals surface area (Å²) in [4.78, 5) is 12.7. The van der Waals surface area contributed by atoms with Crippen molar-refractivity contribution in [1.82, 2.24) is 20.0 Å². The van der Waals surface area contributed by atoms with Gasteiger partial charge < -0.3 is 19.9 Å². The van der Waals surface area contributed by atoms with Crippen LogP contribution in [0.2, 0.25) is 0 Å². The number of guanidine groups is 1. The molecule has 2 aliphatic rings. The second-order valence-corrected chi connectivity index (χ2v) is 8.95. The summed E-state index contributed by atoms with van der Waals surface area (Å²) in [6, 6.07) is 8.31. The smallest absolute Gasteiger partial charge is 0.194 e. The molecule has 0 aromatic heterocycles. The van der Waals surface area contributed by atoms with Crippen LogP contribution in [0.3, 0.4) is 0 Å². The highest BCUT2D eigenvalue weighted by Crippen LogP contribution is 2.31. The molecule has 2 fully saturated rings. The van der Waals surface area contributed by atoms with Crippen molar-refractivity contribution in [1.29, 1.82) is 0 Å². The van der Waals surface area contributed by atoms with Crippen molar-refractivity contribution >= 4 is 29.9 Å². The summed E-state index contributed by atoms with van der Waals surface area (Å²) in [6.07, 6.45) is 6.48. The maximum atomic E-state index is 5.28. The largest absolute Gasteiger partial charge is 0.497 e. The van der Waals surface area contributed by atoms with E-state index in [-0.39, 0.29) is 29.5 Å². The van der Waals surface area contributed by atoms with Gasteiger partial charge in [0.15, 0.2) is 5.96 Å². The highest BCUT2D eigenvalue weighted by molar-refractivity contribution is 14.0. The lowest BCUT2D eigenvalue weighted by molar-refractivity contribution is 0.0206. The third-order valence-corrected chi connectivity index (χ3v) is 6.74. The second kappa shape index (κ2) is 12.8. The lowest BCUT2D eigenvalue weighted by Gasteiger charge is -2.49. The Bertz CT molecular complexity index is 667. The fourth-order valence-corrected chi connectivity index (χ4v) is 4.75. The molecule has 2 saturated heterocycles. The number of methoxy groups -OCH3 is 1. The molecular formula is C24H42IN5O. The van der Waals surface area contributed by atoms with Gasteiger partial charge in [0.1, 0.15) is 5.75 Å². The van der Waals surface area contributed by atoms with E-state index in [2.05, 4.69) is 53.2 Å². The second-order valence-electron chi connectivity index (χ2n) is 8.95. The number of benzene rings is 1. The van der Waals surface area contributed by atoms with Gasteiger partial charge in [0.05, 0.1) is 13.7 Å². The molecule has 2 heterocycles. The minimum atomic E-state index is 0. The van der Waals surface area contributed by atoms with E-state index in [1.807, 2.05) is 12.1 Å². The summed E-state index contributed by atoms with van der Waals surface area (Å²) in [6.45, 7) is 9.55. The molecular weight excluding hydrogens is 501 g/mol. The zero-order chi connectivity index (χ0) is 21.4. The Morgan fingerprint density at radius 2 is 1.74 bits per heavy atom. The maximum absolute atomic E-state index is 5.28. The lowest BCUT2D eigenvalue weighted by Crippen LogP contribution is -2.58. The first-order chi connectivity index (χ1) is 14.6. The van der Waals surface area contributed by atoms with Crippen molar-refractivity contribution in [2.24, 2.45) is 4.99 Å². The van der Waals surface area contributed by atoms with Gasteiger partial charge in [-0.1, -0.05) is 18.6 Å². The predicted octanol–water partition coefficient (Wildman–Crippen LogP) is 3.66. The fourth-order valence-electron chi connectivity index (χ4n) is 4.75. The SMILES string of the molecule is CCNC(=NCC1(N2CCCCC2)CCN(C)CC1)N(C)Cc1ccc(OC)cc1.I. The number of likely N-dealkylation sites (tertiary alicyclic amines) is 2. The predicted molar refractivity (Wildman–Crippen MR) is 141 cm³/mol. The highest BCUT2D eigenvalue weighted by atomic mass is 127. The number of nitrogens with zero attached hydrogens (tertiary/aromatic N) is 4. The first-order valence-corrected chi connectivity index (χ1v) is 11.6. The highest BCUT2D eigenvalue weighted by Gasteiger charge is 2.39. The molecule has 0 radical (unpaired) electrons. The summed E-state index contributed by atoms with van der Waals surface area (Å²) >= 11 is 0. The third-order valence-electron chi connectivity index (χ3n) is 6.74. The molecule has 2 aliphatic heterocycles. The van der Waals surface area contributed by atoms with Crippen molar-refractivity contribution in [3.8, 4) is 5.75 Å². The number of aliphatic imine (C=N–C) groups is 1. The molecule has 31 heavy (non-hydrogen) atoms. The van der Waals surface area contributed by atoms with Crippen molar-refractivity contribution in [2.75, 3.05) is 60.5 Å².